The molecule has 1 aromatic carbocycles. The first-order chi connectivity index (χ1) is 6.18. The van der Waals surface area contributed by atoms with Crippen LogP contribution in [0.4, 0.5) is 0 Å². The Morgan fingerprint density at radius 1 is 1.46 bits per heavy atom. The number of rotatable bonds is 1. The molecule has 0 atom stereocenters. The molecule has 4 heteroatoms. The van der Waals surface area contributed by atoms with E-state index in [1.807, 2.05) is 0 Å². The third-order valence-corrected chi connectivity index (χ3v) is 2.61. The summed E-state index contributed by atoms with van der Waals surface area (Å²) >= 11 is 0.964. The van der Waals surface area contributed by atoms with Crippen LogP contribution in [0.15, 0.2) is 27.4 Å². The van der Waals surface area contributed by atoms with Crippen LogP contribution in [0.3, 0.4) is 0 Å². The van der Waals surface area contributed by atoms with Gasteiger partial charge in [0.25, 0.3) is 0 Å². The second-order valence-corrected chi connectivity index (χ2v) is 3.59. The summed E-state index contributed by atoms with van der Waals surface area (Å²) in [6.07, 6.45) is 0. The molecule has 3 nitrogen and oxygen atoms in total. The average molecular weight is 194 g/mol. The van der Waals surface area contributed by atoms with E-state index in [9.17, 15) is 9.59 Å². The van der Waals surface area contributed by atoms with Crippen molar-refractivity contribution >= 4 is 27.4 Å². The molecule has 0 bridgehead atoms. The van der Waals surface area contributed by atoms with Gasteiger partial charge in [0.1, 0.15) is 5.58 Å². The fourth-order valence-electron chi connectivity index (χ4n) is 1.17. The zero-order valence-electron chi connectivity index (χ0n) is 6.87. The molecule has 0 aliphatic rings. The highest BCUT2D eigenvalue weighted by Crippen LogP contribution is 2.21. The van der Waals surface area contributed by atoms with Crippen LogP contribution in [-0.4, -0.2) is 5.78 Å². The molecule has 2 rings (SSSR count). The lowest BCUT2D eigenvalue weighted by Crippen LogP contribution is -1.90. The quantitative estimate of drug-likeness (QED) is 0.653. The number of carbonyl (C=O) groups excluding carboxylic acids is 1. The minimum Gasteiger partial charge on any atom is -0.414 e. The van der Waals surface area contributed by atoms with Crippen molar-refractivity contribution in [1.29, 1.82) is 0 Å². The maximum atomic E-state index is 11.1. The van der Waals surface area contributed by atoms with Crippen LogP contribution in [0.2, 0.25) is 0 Å². The highest BCUT2D eigenvalue weighted by molar-refractivity contribution is 7.16. The van der Waals surface area contributed by atoms with Gasteiger partial charge in [-0.25, -0.2) is 4.79 Å². The summed E-state index contributed by atoms with van der Waals surface area (Å²) in [7, 11) is 0. The van der Waals surface area contributed by atoms with E-state index in [1.165, 1.54) is 6.92 Å². The first-order valence-corrected chi connectivity index (χ1v) is 4.54. The van der Waals surface area contributed by atoms with Crippen molar-refractivity contribution in [2.45, 2.75) is 6.92 Å². The van der Waals surface area contributed by atoms with Crippen LogP contribution in [0.1, 0.15) is 17.3 Å². The van der Waals surface area contributed by atoms with Gasteiger partial charge in [0, 0.05) is 5.56 Å². The van der Waals surface area contributed by atoms with Crippen molar-refractivity contribution in [2.24, 2.45) is 0 Å². The number of carbonyl (C=O) groups is 1. The van der Waals surface area contributed by atoms with E-state index in [0.29, 0.717) is 15.8 Å². The molecule has 0 radical (unpaired) electrons. The van der Waals surface area contributed by atoms with Crippen molar-refractivity contribution in [3.05, 3.63) is 33.5 Å². The Morgan fingerprint density at radius 3 is 2.92 bits per heavy atom. The van der Waals surface area contributed by atoms with E-state index in [1.54, 1.807) is 18.2 Å². The molecule has 0 N–H and O–H groups in total. The lowest BCUT2D eigenvalue weighted by Gasteiger charge is -1.93. The van der Waals surface area contributed by atoms with Gasteiger partial charge in [0.15, 0.2) is 5.78 Å². The molecule has 0 saturated carbocycles. The van der Waals surface area contributed by atoms with Gasteiger partial charge in [0.05, 0.1) is 4.70 Å². The van der Waals surface area contributed by atoms with Gasteiger partial charge >= 0.3 is 4.94 Å². The largest absolute Gasteiger partial charge is 0.414 e. The SMILES string of the molecule is CC(=O)c1cccc2oc(=O)sc12. The maximum Gasteiger partial charge on any atom is 0.396 e. The Hall–Kier alpha value is -1.42. The number of hydrogen-bond donors (Lipinski definition) is 0. The number of hydrogen-bond acceptors (Lipinski definition) is 4. The molecule has 1 aromatic heterocycles. The lowest BCUT2D eigenvalue weighted by atomic mass is 10.1. The maximum absolute atomic E-state index is 11.1. The molecule has 0 saturated heterocycles. The predicted molar refractivity (Wildman–Crippen MR) is 50.4 cm³/mol. The molecule has 0 amide bonds. The second kappa shape index (κ2) is 2.81. The third-order valence-electron chi connectivity index (χ3n) is 1.74. The van der Waals surface area contributed by atoms with E-state index in [0.717, 1.165) is 11.3 Å². The standard InChI is InChI=1S/C9H6O3S/c1-5(10)6-3-2-4-7-8(6)13-9(11)12-7/h2-4H,1H3. The van der Waals surface area contributed by atoms with Crippen LogP contribution < -0.4 is 4.94 Å². The van der Waals surface area contributed by atoms with Crippen LogP contribution in [0.25, 0.3) is 10.3 Å². The van der Waals surface area contributed by atoms with E-state index in [2.05, 4.69) is 0 Å². The Labute approximate surface area is 77.6 Å². The minimum absolute atomic E-state index is 0.0531. The fourth-order valence-corrected chi connectivity index (χ4v) is 2.00. The monoisotopic (exact) mass is 194 g/mol. The van der Waals surface area contributed by atoms with Gasteiger partial charge in [-0.2, -0.15) is 0 Å². The summed E-state index contributed by atoms with van der Waals surface area (Å²) in [5, 5.41) is 0. The summed E-state index contributed by atoms with van der Waals surface area (Å²) in [4.78, 5) is 21.7. The second-order valence-electron chi connectivity index (χ2n) is 2.64. The Balaban J connectivity index is 2.90. The Morgan fingerprint density at radius 2 is 2.23 bits per heavy atom. The van der Waals surface area contributed by atoms with Crippen molar-refractivity contribution in [3.8, 4) is 0 Å². The molecule has 13 heavy (non-hydrogen) atoms. The molecule has 2 aromatic rings. The molecule has 0 unspecified atom stereocenters. The van der Waals surface area contributed by atoms with Crippen molar-refractivity contribution in [3.63, 3.8) is 0 Å². The van der Waals surface area contributed by atoms with E-state index in [-0.39, 0.29) is 10.7 Å². The molecule has 0 aliphatic heterocycles. The summed E-state index contributed by atoms with van der Waals surface area (Å²) in [6, 6.07) is 5.07. The van der Waals surface area contributed by atoms with Gasteiger partial charge < -0.3 is 4.42 Å². The van der Waals surface area contributed by atoms with Gasteiger partial charge in [-0.3, -0.25) is 4.79 Å². The normalized spacial score (nSPS) is 10.5. The van der Waals surface area contributed by atoms with Gasteiger partial charge in [-0.05, 0) is 19.1 Å². The van der Waals surface area contributed by atoms with Gasteiger partial charge in [-0.1, -0.05) is 17.4 Å². The van der Waals surface area contributed by atoms with Crippen LogP contribution in [0.5, 0.6) is 0 Å². The number of ketones is 1. The summed E-state index contributed by atoms with van der Waals surface area (Å²) < 4.78 is 5.51. The highest BCUT2D eigenvalue weighted by atomic mass is 32.1. The van der Waals surface area contributed by atoms with E-state index >= 15 is 0 Å². The van der Waals surface area contributed by atoms with Crippen LogP contribution in [-0.2, 0) is 0 Å². The first kappa shape index (κ1) is 8.19. The molecule has 0 aliphatic carbocycles. The minimum atomic E-state index is -0.372. The zero-order chi connectivity index (χ0) is 9.42. The molecule has 0 fully saturated rings. The van der Waals surface area contributed by atoms with E-state index in [4.69, 9.17) is 4.42 Å². The van der Waals surface area contributed by atoms with Gasteiger partial charge in [0.2, 0.25) is 0 Å². The lowest BCUT2D eigenvalue weighted by molar-refractivity contribution is 0.101. The highest BCUT2D eigenvalue weighted by Gasteiger charge is 2.09. The van der Waals surface area contributed by atoms with Gasteiger partial charge in [-0.15, -0.1) is 0 Å². The number of Topliss-reactive ketones (excluding diaryl/α,β-unsaturated/α-hetero) is 1. The zero-order valence-corrected chi connectivity index (χ0v) is 7.68. The van der Waals surface area contributed by atoms with E-state index < -0.39 is 0 Å². The van der Waals surface area contributed by atoms with Crippen LogP contribution in [0, 0.1) is 0 Å². The van der Waals surface area contributed by atoms with Crippen molar-refractivity contribution in [2.75, 3.05) is 0 Å². The van der Waals surface area contributed by atoms with Crippen molar-refractivity contribution in [1.82, 2.24) is 0 Å². The topological polar surface area (TPSA) is 47.3 Å². The molecular weight excluding hydrogens is 188 g/mol. The number of fused-ring (bicyclic) bond motifs is 1. The molecule has 0 spiro atoms. The molecule has 66 valence electrons. The third kappa shape index (κ3) is 1.29. The average Bonchev–Trinajstić information content (AvgIpc) is 2.43. The first-order valence-electron chi connectivity index (χ1n) is 3.72. The Kier molecular flexibility index (Phi) is 1.77. The molecular formula is C9H6O3S. The molecule has 1 heterocycles. The summed E-state index contributed by atoms with van der Waals surface area (Å²) in [5.74, 6) is -0.0531. The summed E-state index contributed by atoms with van der Waals surface area (Å²) in [6.45, 7) is 1.47. The predicted octanol–water partition coefficient (Wildman–Crippen LogP) is 2.06. The Bertz CT molecular complexity index is 521. The summed E-state index contributed by atoms with van der Waals surface area (Å²) in [5.41, 5.74) is 1.04. The van der Waals surface area contributed by atoms with Crippen LogP contribution >= 0.6 is 11.3 Å². The smallest absolute Gasteiger partial charge is 0.396 e. The fraction of sp³-hybridized carbons (Fsp3) is 0.111. The van der Waals surface area contributed by atoms with Crippen molar-refractivity contribution < 1.29 is 9.21 Å². The number of benzene rings is 1.